The number of ether oxygens (including phenoxy) is 2. The third-order valence-corrected chi connectivity index (χ3v) is 3.46. The van der Waals surface area contributed by atoms with Crippen molar-refractivity contribution in [1.29, 1.82) is 0 Å². The van der Waals surface area contributed by atoms with Crippen molar-refractivity contribution in [2.24, 2.45) is 5.92 Å². The number of rotatable bonds is 5. The zero-order valence-electron chi connectivity index (χ0n) is 10.2. The molecule has 1 aliphatic carbocycles. The van der Waals surface area contributed by atoms with Gasteiger partial charge < -0.3 is 9.47 Å². The molecular weight excluding hydrogens is 208 g/mol. The Morgan fingerprint density at radius 1 is 1.25 bits per heavy atom. The van der Waals surface area contributed by atoms with Crippen molar-refractivity contribution in [2.75, 3.05) is 14.2 Å². The Morgan fingerprint density at radius 3 is 2.19 bits per heavy atom. The largest absolute Gasteiger partial charge is 0.468 e. The number of methoxy groups -OCH3 is 2. The normalized spacial score (nSPS) is 20.4. The Morgan fingerprint density at radius 2 is 1.81 bits per heavy atom. The first kappa shape index (κ1) is 13.2. The molecule has 0 heterocycles. The van der Waals surface area contributed by atoms with Crippen LogP contribution >= 0.6 is 0 Å². The monoisotopic (exact) mass is 228 g/mol. The van der Waals surface area contributed by atoms with Crippen LogP contribution in [0.5, 0.6) is 0 Å². The van der Waals surface area contributed by atoms with Crippen LogP contribution in [0.4, 0.5) is 0 Å². The van der Waals surface area contributed by atoms with Gasteiger partial charge in [0.2, 0.25) is 0 Å². The van der Waals surface area contributed by atoms with E-state index in [0.29, 0.717) is 6.42 Å². The van der Waals surface area contributed by atoms with Crippen molar-refractivity contribution in [3.8, 4) is 0 Å². The lowest BCUT2D eigenvalue weighted by Crippen LogP contribution is -2.44. The van der Waals surface area contributed by atoms with E-state index in [1.54, 1.807) is 7.11 Å². The first-order valence-electron chi connectivity index (χ1n) is 5.78. The van der Waals surface area contributed by atoms with E-state index in [4.69, 9.17) is 4.74 Å². The van der Waals surface area contributed by atoms with E-state index in [9.17, 15) is 9.59 Å². The fourth-order valence-electron chi connectivity index (χ4n) is 2.42. The molecule has 0 aliphatic heterocycles. The second-order valence-corrected chi connectivity index (χ2v) is 4.25. The van der Waals surface area contributed by atoms with Gasteiger partial charge in [0.15, 0.2) is 5.78 Å². The van der Waals surface area contributed by atoms with Crippen LogP contribution in [0.3, 0.4) is 0 Å². The third kappa shape index (κ3) is 2.26. The second kappa shape index (κ2) is 5.43. The fraction of sp³-hybridized carbons (Fsp3) is 0.833. The van der Waals surface area contributed by atoms with E-state index >= 15 is 0 Å². The van der Waals surface area contributed by atoms with Gasteiger partial charge in [-0.3, -0.25) is 9.59 Å². The summed E-state index contributed by atoms with van der Waals surface area (Å²) in [5.41, 5.74) is -0.741. The molecule has 4 heteroatoms. The summed E-state index contributed by atoms with van der Waals surface area (Å²) in [5.74, 6) is -1.24. The number of carbonyl (C=O) groups is 2. The van der Waals surface area contributed by atoms with Gasteiger partial charge in [-0.25, -0.2) is 0 Å². The van der Waals surface area contributed by atoms with Gasteiger partial charge in [-0.05, 0) is 32.1 Å². The predicted octanol–water partition coefficient (Wildman–Crippen LogP) is 1.71. The minimum Gasteiger partial charge on any atom is -0.468 e. The van der Waals surface area contributed by atoms with E-state index in [0.717, 1.165) is 25.7 Å². The van der Waals surface area contributed by atoms with E-state index in [1.807, 2.05) is 6.92 Å². The van der Waals surface area contributed by atoms with Gasteiger partial charge in [0.05, 0.1) is 7.11 Å². The molecule has 92 valence electrons. The topological polar surface area (TPSA) is 52.6 Å². The lowest BCUT2D eigenvalue weighted by Gasteiger charge is -2.28. The average Bonchev–Trinajstić information content (AvgIpc) is 2.79. The van der Waals surface area contributed by atoms with Gasteiger partial charge >= 0.3 is 5.97 Å². The average molecular weight is 228 g/mol. The van der Waals surface area contributed by atoms with E-state index in [-0.39, 0.29) is 5.78 Å². The summed E-state index contributed by atoms with van der Waals surface area (Å²) in [4.78, 5) is 23.8. The zero-order valence-corrected chi connectivity index (χ0v) is 10.2. The van der Waals surface area contributed by atoms with Crippen LogP contribution in [0.15, 0.2) is 0 Å². The Labute approximate surface area is 96.3 Å². The Balaban J connectivity index is 2.84. The molecule has 0 bridgehead atoms. The maximum atomic E-state index is 12.3. The number of hydrogen-bond acceptors (Lipinski definition) is 4. The molecule has 0 amide bonds. The summed E-state index contributed by atoms with van der Waals surface area (Å²) in [6.07, 6.45) is 3.87. The molecule has 0 spiro atoms. The molecule has 1 aliphatic rings. The van der Waals surface area contributed by atoms with Crippen molar-refractivity contribution in [2.45, 2.75) is 44.6 Å². The Bertz CT molecular complexity index is 266. The van der Waals surface area contributed by atoms with Gasteiger partial charge in [-0.15, -0.1) is 0 Å². The number of hydrogen-bond donors (Lipinski definition) is 0. The van der Waals surface area contributed by atoms with Crippen LogP contribution < -0.4 is 0 Å². The highest BCUT2D eigenvalue weighted by atomic mass is 16.5. The molecule has 4 nitrogen and oxygen atoms in total. The van der Waals surface area contributed by atoms with E-state index < -0.39 is 17.5 Å². The van der Waals surface area contributed by atoms with Crippen LogP contribution in [0.1, 0.15) is 39.0 Å². The molecule has 0 aromatic carbocycles. The van der Waals surface area contributed by atoms with Crippen LogP contribution in [0.25, 0.3) is 0 Å². The zero-order chi connectivity index (χ0) is 12.2. The summed E-state index contributed by atoms with van der Waals surface area (Å²) in [6, 6.07) is 0. The minimum atomic E-state index is -0.741. The summed E-state index contributed by atoms with van der Waals surface area (Å²) < 4.78 is 10.0. The fourth-order valence-corrected chi connectivity index (χ4v) is 2.42. The van der Waals surface area contributed by atoms with Crippen molar-refractivity contribution in [3.63, 3.8) is 0 Å². The SMILES string of the molecule is CCC(C(=O)OC)C(=O)C1(OC)CCCC1. The molecule has 0 radical (unpaired) electrons. The number of Topliss-reactive ketones (excluding diaryl/α,β-unsaturated/α-hetero) is 1. The first-order valence-corrected chi connectivity index (χ1v) is 5.78. The molecule has 0 aromatic rings. The molecule has 0 saturated heterocycles. The van der Waals surface area contributed by atoms with Crippen molar-refractivity contribution < 1.29 is 19.1 Å². The Kier molecular flexibility index (Phi) is 4.47. The van der Waals surface area contributed by atoms with E-state index in [1.165, 1.54) is 7.11 Å². The molecule has 0 N–H and O–H groups in total. The van der Waals surface area contributed by atoms with Crippen molar-refractivity contribution >= 4 is 11.8 Å². The second-order valence-electron chi connectivity index (χ2n) is 4.25. The molecule has 1 atom stereocenters. The summed E-state index contributed by atoms with van der Waals surface area (Å²) in [5, 5.41) is 0. The molecule has 1 fully saturated rings. The molecule has 0 aromatic heterocycles. The maximum absolute atomic E-state index is 12.3. The maximum Gasteiger partial charge on any atom is 0.316 e. The Hall–Kier alpha value is -0.900. The number of ketones is 1. The smallest absolute Gasteiger partial charge is 0.316 e. The lowest BCUT2D eigenvalue weighted by molar-refractivity contribution is -0.158. The molecule has 16 heavy (non-hydrogen) atoms. The highest BCUT2D eigenvalue weighted by molar-refractivity contribution is 6.03. The van der Waals surface area contributed by atoms with Crippen LogP contribution in [-0.4, -0.2) is 31.6 Å². The van der Waals surface area contributed by atoms with Crippen molar-refractivity contribution in [1.82, 2.24) is 0 Å². The van der Waals surface area contributed by atoms with Crippen LogP contribution in [0.2, 0.25) is 0 Å². The van der Waals surface area contributed by atoms with Crippen LogP contribution in [-0.2, 0) is 19.1 Å². The third-order valence-electron chi connectivity index (χ3n) is 3.46. The summed E-state index contributed by atoms with van der Waals surface area (Å²) >= 11 is 0. The summed E-state index contributed by atoms with van der Waals surface area (Å²) in [6.45, 7) is 1.82. The number of carbonyl (C=O) groups excluding carboxylic acids is 2. The minimum absolute atomic E-state index is 0.109. The van der Waals surface area contributed by atoms with Gasteiger partial charge in [0.25, 0.3) is 0 Å². The lowest BCUT2D eigenvalue weighted by atomic mass is 9.85. The van der Waals surface area contributed by atoms with Gasteiger partial charge in [0.1, 0.15) is 11.5 Å². The summed E-state index contributed by atoms with van der Waals surface area (Å²) in [7, 11) is 2.86. The molecule has 1 rings (SSSR count). The molecule has 1 unspecified atom stereocenters. The standard InChI is InChI=1S/C12H20O4/c1-4-9(11(14)15-2)10(13)12(16-3)7-5-6-8-12/h9H,4-8H2,1-3H3. The molecular formula is C12H20O4. The quantitative estimate of drug-likeness (QED) is 0.531. The van der Waals surface area contributed by atoms with E-state index in [2.05, 4.69) is 4.74 Å². The highest BCUT2D eigenvalue weighted by Gasteiger charge is 2.46. The molecule has 1 saturated carbocycles. The highest BCUT2D eigenvalue weighted by Crippen LogP contribution is 2.36. The van der Waals surface area contributed by atoms with Crippen molar-refractivity contribution in [3.05, 3.63) is 0 Å². The van der Waals surface area contributed by atoms with Gasteiger partial charge in [-0.1, -0.05) is 6.92 Å². The first-order chi connectivity index (χ1) is 7.61. The van der Waals surface area contributed by atoms with Gasteiger partial charge in [0, 0.05) is 7.11 Å². The van der Waals surface area contributed by atoms with Gasteiger partial charge in [-0.2, -0.15) is 0 Å². The number of esters is 1. The van der Waals surface area contributed by atoms with Crippen LogP contribution in [0, 0.1) is 5.92 Å². The predicted molar refractivity (Wildman–Crippen MR) is 59.0 cm³/mol.